The number of hydrogen-bond donors (Lipinski definition) is 2. The van der Waals surface area contributed by atoms with Crippen molar-refractivity contribution >= 4 is 11.6 Å². The van der Waals surface area contributed by atoms with Gasteiger partial charge in [0.1, 0.15) is 11.5 Å². The Balaban J connectivity index is 1.29. The number of phenols is 2. The molecule has 0 heterocycles. The fourth-order valence-electron chi connectivity index (χ4n) is 4.04. The molecule has 0 fully saturated rings. The Bertz CT molecular complexity index is 1390. The maximum atomic E-state index is 12.9. The second kappa shape index (κ2) is 9.72. The molecule has 0 saturated carbocycles. The zero-order valence-electron chi connectivity index (χ0n) is 19.3. The number of phenolic OH excluding ortho intramolecular Hbond substituents is 2. The number of hydrogen-bond acceptors (Lipinski definition) is 4. The molecule has 5 rings (SSSR count). The van der Waals surface area contributed by atoms with Crippen LogP contribution in [0.15, 0.2) is 121 Å². The largest absolute Gasteiger partial charge is 0.508 e. The molecule has 4 nitrogen and oxygen atoms in total. The van der Waals surface area contributed by atoms with E-state index in [0.29, 0.717) is 22.3 Å². The van der Waals surface area contributed by atoms with E-state index in [1.54, 1.807) is 72.8 Å². The molecule has 2 N–H and O–H groups in total. The number of aromatic hydroxyl groups is 2. The monoisotopic (exact) mass is 470 g/mol. The van der Waals surface area contributed by atoms with Crippen molar-refractivity contribution < 1.29 is 19.8 Å². The number of benzene rings is 5. The number of ketones is 2. The zero-order chi connectivity index (χ0) is 25.1. The molecule has 0 atom stereocenters. The summed E-state index contributed by atoms with van der Waals surface area (Å²) < 4.78 is 0. The predicted molar refractivity (Wildman–Crippen MR) is 140 cm³/mol. The third-order valence-electron chi connectivity index (χ3n) is 6.10. The van der Waals surface area contributed by atoms with Gasteiger partial charge in [-0.15, -0.1) is 0 Å². The number of rotatable bonds is 6. The molecule has 0 aromatic heterocycles. The van der Waals surface area contributed by atoms with Gasteiger partial charge in [-0.2, -0.15) is 0 Å². The average Bonchev–Trinajstić information content (AvgIpc) is 2.93. The van der Waals surface area contributed by atoms with Crippen molar-refractivity contribution in [1.82, 2.24) is 0 Å². The molecule has 4 heteroatoms. The van der Waals surface area contributed by atoms with E-state index in [4.69, 9.17) is 0 Å². The van der Waals surface area contributed by atoms with Crippen LogP contribution in [0.1, 0.15) is 31.8 Å². The molecule has 0 unspecified atom stereocenters. The molecule has 0 radical (unpaired) electrons. The standard InChI is InChI=1S/C32H22O4/c33-29-17-13-23(14-18-29)21-1-5-25(6-2-21)31(35)27-9-11-28(12-10-27)32(36)26-7-3-22(4-8-26)24-15-19-30(34)20-16-24/h1-20,33-34H. The van der Waals surface area contributed by atoms with E-state index in [-0.39, 0.29) is 23.1 Å². The van der Waals surface area contributed by atoms with E-state index in [9.17, 15) is 19.8 Å². The molecule has 0 aliphatic rings. The SMILES string of the molecule is O=C(c1ccc(C(=O)c2ccc(-c3ccc(O)cc3)cc2)cc1)c1ccc(-c2ccc(O)cc2)cc1. The Morgan fingerprint density at radius 2 is 0.528 bits per heavy atom. The smallest absolute Gasteiger partial charge is 0.193 e. The van der Waals surface area contributed by atoms with E-state index < -0.39 is 0 Å². The van der Waals surface area contributed by atoms with Gasteiger partial charge in [0.05, 0.1) is 0 Å². The second-order valence-electron chi connectivity index (χ2n) is 8.48. The van der Waals surface area contributed by atoms with Gasteiger partial charge in [0.2, 0.25) is 0 Å². The third-order valence-corrected chi connectivity index (χ3v) is 6.10. The molecule has 0 saturated heterocycles. The minimum absolute atomic E-state index is 0.121. The minimum Gasteiger partial charge on any atom is -0.508 e. The van der Waals surface area contributed by atoms with Crippen molar-refractivity contribution in [3.63, 3.8) is 0 Å². The Labute approximate surface area is 208 Å². The summed E-state index contributed by atoms with van der Waals surface area (Å²) in [7, 11) is 0. The summed E-state index contributed by atoms with van der Waals surface area (Å²) in [5, 5.41) is 18.9. The normalized spacial score (nSPS) is 10.7. The Hall–Kier alpha value is -4.96. The van der Waals surface area contributed by atoms with E-state index in [1.165, 1.54) is 0 Å². The van der Waals surface area contributed by atoms with Crippen LogP contribution in [0.4, 0.5) is 0 Å². The van der Waals surface area contributed by atoms with Crippen molar-refractivity contribution in [2.45, 2.75) is 0 Å². The lowest BCUT2D eigenvalue weighted by atomic mass is 9.96. The molecule has 174 valence electrons. The number of carbonyl (C=O) groups excluding carboxylic acids is 2. The summed E-state index contributed by atoms with van der Waals surface area (Å²) in [5.41, 5.74) is 5.92. The first-order valence-corrected chi connectivity index (χ1v) is 11.5. The van der Waals surface area contributed by atoms with Gasteiger partial charge in [0.25, 0.3) is 0 Å². The summed E-state index contributed by atoms with van der Waals surface area (Å²) >= 11 is 0. The highest BCUT2D eigenvalue weighted by Gasteiger charge is 2.13. The van der Waals surface area contributed by atoms with Gasteiger partial charge < -0.3 is 10.2 Å². The number of carbonyl (C=O) groups is 2. The molecule has 0 bridgehead atoms. The molecule has 0 amide bonds. The molecule has 5 aromatic carbocycles. The summed E-state index contributed by atoms with van der Waals surface area (Å²) in [4.78, 5) is 25.9. The third kappa shape index (κ3) is 4.79. The van der Waals surface area contributed by atoms with Crippen LogP contribution in [-0.2, 0) is 0 Å². The van der Waals surface area contributed by atoms with Crippen LogP contribution in [0, 0.1) is 0 Å². The summed E-state index contributed by atoms with van der Waals surface area (Å²) in [6.07, 6.45) is 0. The van der Waals surface area contributed by atoms with Gasteiger partial charge in [-0.05, 0) is 46.5 Å². The molecule has 0 aliphatic heterocycles. The first kappa shape index (κ1) is 22.8. The fraction of sp³-hybridized carbons (Fsp3) is 0. The first-order chi connectivity index (χ1) is 17.5. The lowest BCUT2D eigenvalue weighted by Gasteiger charge is -2.07. The van der Waals surface area contributed by atoms with Gasteiger partial charge in [-0.3, -0.25) is 9.59 Å². The summed E-state index contributed by atoms with van der Waals surface area (Å²) in [5.74, 6) is 0.172. The average molecular weight is 471 g/mol. The van der Waals surface area contributed by atoms with Crippen LogP contribution in [0.3, 0.4) is 0 Å². The van der Waals surface area contributed by atoms with Gasteiger partial charge in [0.15, 0.2) is 11.6 Å². The van der Waals surface area contributed by atoms with E-state index >= 15 is 0 Å². The molecular formula is C32H22O4. The van der Waals surface area contributed by atoms with E-state index in [0.717, 1.165) is 22.3 Å². The van der Waals surface area contributed by atoms with Gasteiger partial charge in [0, 0.05) is 22.3 Å². The summed E-state index contributed by atoms with van der Waals surface area (Å²) in [6, 6.07) is 35.1. The lowest BCUT2D eigenvalue weighted by Crippen LogP contribution is -2.04. The first-order valence-electron chi connectivity index (χ1n) is 11.5. The fourth-order valence-corrected chi connectivity index (χ4v) is 4.04. The van der Waals surface area contributed by atoms with Crippen molar-refractivity contribution in [2.75, 3.05) is 0 Å². The highest BCUT2D eigenvalue weighted by Crippen LogP contribution is 2.25. The van der Waals surface area contributed by atoms with Crippen molar-refractivity contribution in [2.24, 2.45) is 0 Å². The predicted octanol–water partition coefficient (Wildman–Crippen LogP) is 6.89. The van der Waals surface area contributed by atoms with Crippen LogP contribution < -0.4 is 0 Å². The Morgan fingerprint density at radius 1 is 0.333 bits per heavy atom. The van der Waals surface area contributed by atoms with Crippen molar-refractivity contribution in [1.29, 1.82) is 0 Å². The highest BCUT2D eigenvalue weighted by molar-refractivity contribution is 6.12. The van der Waals surface area contributed by atoms with Gasteiger partial charge in [-0.25, -0.2) is 0 Å². The second-order valence-corrected chi connectivity index (χ2v) is 8.48. The van der Waals surface area contributed by atoms with Crippen molar-refractivity contribution in [3.05, 3.63) is 144 Å². The van der Waals surface area contributed by atoms with Gasteiger partial charge >= 0.3 is 0 Å². The van der Waals surface area contributed by atoms with Crippen LogP contribution in [0.2, 0.25) is 0 Å². The zero-order valence-corrected chi connectivity index (χ0v) is 19.3. The highest BCUT2D eigenvalue weighted by atomic mass is 16.3. The molecule has 36 heavy (non-hydrogen) atoms. The maximum Gasteiger partial charge on any atom is 0.193 e. The summed E-state index contributed by atoms with van der Waals surface area (Å²) in [6.45, 7) is 0. The van der Waals surface area contributed by atoms with Crippen LogP contribution >= 0.6 is 0 Å². The molecule has 5 aromatic rings. The van der Waals surface area contributed by atoms with Crippen LogP contribution in [0.25, 0.3) is 22.3 Å². The minimum atomic E-state index is -0.121. The van der Waals surface area contributed by atoms with Crippen LogP contribution in [-0.4, -0.2) is 21.8 Å². The molecule has 0 aliphatic carbocycles. The Morgan fingerprint density at radius 3 is 0.778 bits per heavy atom. The molecule has 0 spiro atoms. The van der Waals surface area contributed by atoms with Crippen molar-refractivity contribution in [3.8, 4) is 33.8 Å². The topological polar surface area (TPSA) is 74.6 Å². The quantitative estimate of drug-likeness (QED) is 0.265. The maximum absolute atomic E-state index is 12.9. The lowest BCUT2D eigenvalue weighted by molar-refractivity contribution is 0.102. The van der Waals surface area contributed by atoms with E-state index in [2.05, 4.69) is 0 Å². The van der Waals surface area contributed by atoms with E-state index in [1.807, 2.05) is 48.5 Å². The molecular weight excluding hydrogens is 448 g/mol. The Kier molecular flexibility index (Phi) is 6.16. The van der Waals surface area contributed by atoms with Crippen LogP contribution in [0.5, 0.6) is 11.5 Å². The van der Waals surface area contributed by atoms with Gasteiger partial charge in [-0.1, -0.05) is 97.1 Å².